The van der Waals surface area contributed by atoms with E-state index >= 15 is 0 Å². The summed E-state index contributed by atoms with van der Waals surface area (Å²) in [6, 6.07) is 15.0. The standard InChI is InChI=1S/C23H28N4O4/c1-16(28)25-20-10-19(11-21(12-20)26-17(2)29)23(30)24-13-22-15-27(8-9-31-22)14-18-6-4-3-5-7-18/h3-7,10-12,22H,8-9,13-15H2,1-2H3,(H,24,30)(H,25,28)(H,26,29)/t22-/m0/s1. The Labute approximate surface area is 182 Å². The predicted octanol–water partition coefficient (Wildman–Crippen LogP) is 2.23. The summed E-state index contributed by atoms with van der Waals surface area (Å²) in [5.41, 5.74) is 2.46. The van der Waals surface area contributed by atoms with Crippen LogP contribution in [0, 0.1) is 0 Å². The van der Waals surface area contributed by atoms with Crippen molar-refractivity contribution < 1.29 is 19.1 Å². The number of ether oxygens (including phenoxy) is 1. The largest absolute Gasteiger partial charge is 0.374 e. The predicted molar refractivity (Wildman–Crippen MR) is 119 cm³/mol. The number of benzene rings is 2. The van der Waals surface area contributed by atoms with E-state index in [2.05, 4.69) is 33.0 Å². The highest BCUT2D eigenvalue weighted by Crippen LogP contribution is 2.20. The van der Waals surface area contributed by atoms with E-state index in [1.54, 1.807) is 18.2 Å². The SMILES string of the molecule is CC(=O)Nc1cc(NC(C)=O)cc(C(=O)NC[C@H]2CN(Cc3ccccc3)CCO2)c1. The van der Waals surface area contributed by atoms with Crippen LogP contribution in [0.1, 0.15) is 29.8 Å². The van der Waals surface area contributed by atoms with Gasteiger partial charge in [0, 0.05) is 57.0 Å². The molecule has 3 N–H and O–H groups in total. The second kappa shape index (κ2) is 10.7. The molecule has 1 aliphatic heterocycles. The summed E-state index contributed by atoms with van der Waals surface area (Å²) in [6.07, 6.45) is -0.116. The van der Waals surface area contributed by atoms with Gasteiger partial charge in [-0.2, -0.15) is 0 Å². The van der Waals surface area contributed by atoms with Crippen molar-refractivity contribution >= 4 is 29.1 Å². The molecule has 0 radical (unpaired) electrons. The summed E-state index contributed by atoms with van der Waals surface area (Å²) < 4.78 is 5.81. The molecule has 0 spiro atoms. The van der Waals surface area contributed by atoms with Crippen LogP contribution in [0.15, 0.2) is 48.5 Å². The molecule has 0 aliphatic carbocycles. The van der Waals surface area contributed by atoms with E-state index in [0.29, 0.717) is 30.1 Å². The van der Waals surface area contributed by atoms with Gasteiger partial charge in [-0.25, -0.2) is 0 Å². The highest BCUT2D eigenvalue weighted by Gasteiger charge is 2.21. The lowest BCUT2D eigenvalue weighted by Gasteiger charge is -2.33. The highest BCUT2D eigenvalue weighted by atomic mass is 16.5. The fourth-order valence-corrected chi connectivity index (χ4v) is 3.51. The maximum absolute atomic E-state index is 12.7. The molecule has 8 heteroatoms. The van der Waals surface area contributed by atoms with E-state index in [1.165, 1.54) is 19.4 Å². The molecule has 1 aliphatic rings. The molecule has 0 unspecified atom stereocenters. The quantitative estimate of drug-likeness (QED) is 0.633. The van der Waals surface area contributed by atoms with Crippen LogP contribution in [0.4, 0.5) is 11.4 Å². The second-order valence-electron chi connectivity index (χ2n) is 7.58. The van der Waals surface area contributed by atoms with Crippen molar-refractivity contribution in [3.05, 3.63) is 59.7 Å². The molecule has 0 bridgehead atoms. The van der Waals surface area contributed by atoms with Crippen LogP contribution in [-0.4, -0.2) is 55.0 Å². The molecule has 1 atom stereocenters. The third-order valence-corrected chi connectivity index (χ3v) is 4.80. The van der Waals surface area contributed by atoms with E-state index < -0.39 is 0 Å². The van der Waals surface area contributed by atoms with Crippen molar-refractivity contribution in [1.29, 1.82) is 0 Å². The molecule has 31 heavy (non-hydrogen) atoms. The van der Waals surface area contributed by atoms with Crippen LogP contribution < -0.4 is 16.0 Å². The lowest BCUT2D eigenvalue weighted by molar-refractivity contribution is -0.115. The Morgan fingerprint density at radius 1 is 1.00 bits per heavy atom. The fourth-order valence-electron chi connectivity index (χ4n) is 3.51. The van der Waals surface area contributed by atoms with Gasteiger partial charge in [-0.05, 0) is 23.8 Å². The Morgan fingerprint density at radius 2 is 1.65 bits per heavy atom. The first-order chi connectivity index (χ1) is 14.9. The Hall–Kier alpha value is -3.23. The summed E-state index contributed by atoms with van der Waals surface area (Å²) in [4.78, 5) is 37.8. The fraction of sp³-hybridized carbons (Fsp3) is 0.348. The van der Waals surface area contributed by atoms with Crippen molar-refractivity contribution in [1.82, 2.24) is 10.2 Å². The molecular formula is C23H28N4O4. The summed E-state index contributed by atoms with van der Waals surface area (Å²) in [5, 5.41) is 8.19. The monoisotopic (exact) mass is 424 g/mol. The van der Waals surface area contributed by atoms with Crippen molar-refractivity contribution in [3.8, 4) is 0 Å². The second-order valence-corrected chi connectivity index (χ2v) is 7.58. The molecule has 2 aromatic carbocycles. The molecule has 164 valence electrons. The summed E-state index contributed by atoms with van der Waals surface area (Å²) in [5.74, 6) is -0.830. The van der Waals surface area contributed by atoms with Gasteiger partial charge in [0.05, 0.1) is 12.7 Å². The molecule has 0 aromatic heterocycles. The lowest BCUT2D eigenvalue weighted by Crippen LogP contribution is -2.47. The normalized spacial score (nSPS) is 16.4. The summed E-state index contributed by atoms with van der Waals surface area (Å²) in [7, 11) is 0. The Bertz CT molecular complexity index is 898. The van der Waals surface area contributed by atoms with E-state index in [4.69, 9.17) is 4.74 Å². The zero-order chi connectivity index (χ0) is 22.2. The average molecular weight is 425 g/mol. The van der Waals surface area contributed by atoms with Crippen molar-refractivity contribution in [3.63, 3.8) is 0 Å². The van der Waals surface area contributed by atoms with E-state index in [-0.39, 0.29) is 23.8 Å². The third kappa shape index (κ3) is 7.20. The van der Waals surface area contributed by atoms with Gasteiger partial charge in [-0.1, -0.05) is 30.3 Å². The first kappa shape index (κ1) is 22.5. The number of morpholine rings is 1. The van der Waals surface area contributed by atoms with E-state index in [9.17, 15) is 14.4 Å². The molecule has 2 aromatic rings. The minimum Gasteiger partial charge on any atom is -0.374 e. The number of rotatable bonds is 7. The maximum Gasteiger partial charge on any atom is 0.251 e. The van der Waals surface area contributed by atoms with Gasteiger partial charge >= 0.3 is 0 Å². The topological polar surface area (TPSA) is 99.8 Å². The van der Waals surface area contributed by atoms with Gasteiger partial charge in [-0.15, -0.1) is 0 Å². The van der Waals surface area contributed by atoms with Crippen LogP contribution in [-0.2, 0) is 20.9 Å². The van der Waals surface area contributed by atoms with Crippen LogP contribution in [0.5, 0.6) is 0 Å². The molecule has 1 heterocycles. The zero-order valence-corrected chi connectivity index (χ0v) is 17.8. The first-order valence-electron chi connectivity index (χ1n) is 10.3. The Balaban J connectivity index is 1.60. The van der Waals surface area contributed by atoms with E-state index in [0.717, 1.165) is 19.6 Å². The molecular weight excluding hydrogens is 396 g/mol. The zero-order valence-electron chi connectivity index (χ0n) is 17.8. The number of nitrogens with zero attached hydrogens (tertiary/aromatic N) is 1. The first-order valence-corrected chi connectivity index (χ1v) is 10.3. The molecule has 1 saturated heterocycles. The summed E-state index contributed by atoms with van der Waals surface area (Å²) >= 11 is 0. The number of anilines is 2. The molecule has 0 saturated carbocycles. The average Bonchev–Trinajstić information content (AvgIpc) is 2.72. The number of amides is 3. The van der Waals surface area contributed by atoms with Gasteiger partial charge in [0.15, 0.2) is 0 Å². The third-order valence-electron chi connectivity index (χ3n) is 4.80. The molecule has 1 fully saturated rings. The summed E-state index contributed by atoms with van der Waals surface area (Å²) in [6.45, 7) is 6.14. The number of hydrogen-bond donors (Lipinski definition) is 3. The maximum atomic E-state index is 12.7. The highest BCUT2D eigenvalue weighted by molar-refractivity contribution is 5.99. The van der Waals surface area contributed by atoms with Crippen molar-refractivity contribution in [2.45, 2.75) is 26.5 Å². The van der Waals surface area contributed by atoms with Crippen LogP contribution >= 0.6 is 0 Å². The van der Waals surface area contributed by atoms with Gasteiger partial charge in [0.25, 0.3) is 5.91 Å². The van der Waals surface area contributed by atoms with Gasteiger partial charge in [0.2, 0.25) is 11.8 Å². The minimum absolute atomic E-state index is 0.116. The Morgan fingerprint density at radius 3 is 2.26 bits per heavy atom. The molecule has 8 nitrogen and oxygen atoms in total. The van der Waals surface area contributed by atoms with Crippen LogP contribution in [0.2, 0.25) is 0 Å². The number of nitrogens with one attached hydrogen (secondary N) is 3. The van der Waals surface area contributed by atoms with E-state index in [1.807, 2.05) is 18.2 Å². The molecule has 3 rings (SSSR count). The molecule has 3 amide bonds. The lowest BCUT2D eigenvalue weighted by atomic mass is 10.1. The smallest absolute Gasteiger partial charge is 0.251 e. The van der Waals surface area contributed by atoms with Gasteiger partial charge in [-0.3, -0.25) is 19.3 Å². The van der Waals surface area contributed by atoms with Gasteiger partial charge < -0.3 is 20.7 Å². The number of hydrogen-bond acceptors (Lipinski definition) is 5. The number of carbonyl (C=O) groups excluding carboxylic acids is 3. The minimum atomic E-state index is -0.303. The van der Waals surface area contributed by atoms with Crippen molar-refractivity contribution in [2.75, 3.05) is 36.9 Å². The van der Waals surface area contributed by atoms with Crippen LogP contribution in [0.25, 0.3) is 0 Å². The van der Waals surface area contributed by atoms with Gasteiger partial charge in [0.1, 0.15) is 0 Å². The Kier molecular flexibility index (Phi) is 7.75. The number of carbonyl (C=O) groups is 3. The van der Waals surface area contributed by atoms with Crippen LogP contribution in [0.3, 0.4) is 0 Å². The van der Waals surface area contributed by atoms with Crippen molar-refractivity contribution in [2.24, 2.45) is 0 Å².